The van der Waals surface area contributed by atoms with Crippen LogP contribution in [-0.2, 0) is 25.7 Å². The first kappa shape index (κ1) is 25.7. The Labute approximate surface area is 177 Å². The molecule has 1 rings (SSSR count). The first-order valence-corrected chi connectivity index (χ1v) is 10.2. The summed E-state index contributed by atoms with van der Waals surface area (Å²) in [4.78, 5) is 37.4. The van der Waals surface area contributed by atoms with Crippen LogP contribution in [-0.4, -0.2) is 60.1 Å². The van der Waals surface area contributed by atoms with Gasteiger partial charge in [-0.25, -0.2) is 0 Å². The molecule has 168 valence electrons. The zero-order chi connectivity index (χ0) is 22.5. The van der Waals surface area contributed by atoms with E-state index >= 15 is 0 Å². The van der Waals surface area contributed by atoms with Crippen molar-refractivity contribution in [2.24, 2.45) is 11.5 Å². The minimum atomic E-state index is -1.25. The molecule has 0 heterocycles. The van der Waals surface area contributed by atoms with Gasteiger partial charge in [-0.15, -0.1) is 0 Å². The molecule has 0 unspecified atom stereocenters. The molecule has 0 spiro atoms. The van der Waals surface area contributed by atoms with Crippen LogP contribution in [0.3, 0.4) is 0 Å². The lowest BCUT2D eigenvalue weighted by molar-refractivity contribution is -0.140. The lowest BCUT2D eigenvalue weighted by atomic mass is 10.0. The number of nitrogens with two attached hydrogens (primary N) is 2. The summed E-state index contributed by atoms with van der Waals surface area (Å²) in [5.74, 6) is -1.39. The molecular weight excluding hydrogens is 388 g/mol. The average molecular weight is 423 g/mol. The summed E-state index contributed by atoms with van der Waals surface area (Å²) in [5, 5.41) is 15.1. The van der Waals surface area contributed by atoms with Gasteiger partial charge in [-0.3, -0.25) is 14.4 Å². The number of carbonyl (C=O) groups is 3. The normalized spacial score (nSPS) is 15.0. The largest absolute Gasteiger partial charge is 0.391 e. The van der Waals surface area contributed by atoms with Gasteiger partial charge in [0.25, 0.3) is 0 Å². The molecule has 0 bridgehead atoms. The quantitative estimate of drug-likeness (QED) is 0.273. The van der Waals surface area contributed by atoms with Crippen LogP contribution in [0.5, 0.6) is 0 Å². The van der Waals surface area contributed by atoms with Crippen LogP contribution in [0.4, 0.5) is 0 Å². The number of Topliss-reactive ketones (excluding diaryl/α,β-unsaturated/α-hetero) is 1. The van der Waals surface area contributed by atoms with E-state index in [0.29, 0.717) is 0 Å². The maximum Gasteiger partial charge on any atom is 0.249 e. The summed E-state index contributed by atoms with van der Waals surface area (Å²) >= 11 is 0. The number of hydrogen-bond donors (Lipinski definition) is 5. The molecule has 9 nitrogen and oxygen atoms in total. The molecular formula is C21H34N4O5. The second-order valence-electron chi connectivity index (χ2n) is 7.05. The second-order valence-corrected chi connectivity index (χ2v) is 7.05. The van der Waals surface area contributed by atoms with E-state index in [1.807, 2.05) is 30.3 Å². The minimum absolute atomic E-state index is 0.170. The average Bonchev–Trinajstić information content (AvgIpc) is 2.74. The molecule has 0 fully saturated rings. The Balaban J connectivity index is 2.80. The maximum atomic E-state index is 12.7. The van der Waals surface area contributed by atoms with E-state index in [2.05, 4.69) is 10.6 Å². The van der Waals surface area contributed by atoms with E-state index in [4.69, 9.17) is 16.2 Å². The molecule has 0 aliphatic carbocycles. The Bertz CT molecular complexity index is 669. The summed E-state index contributed by atoms with van der Waals surface area (Å²) in [6.45, 7) is 3.70. The molecule has 0 aliphatic heterocycles. The summed E-state index contributed by atoms with van der Waals surface area (Å²) in [5.41, 5.74) is 12.0. The van der Waals surface area contributed by atoms with Crippen LogP contribution < -0.4 is 22.1 Å². The van der Waals surface area contributed by atoms with Crippen LogP contribution in [0.2, 0.25) is 0 Å². The summed E-state index contributed by atoms with van der Waals surface area (Å²) in [6.07, 6.45) is -1.31. The lowest BCUT2D eigenvalue weighted by Crippen LogP contribution is -2.57. The van der Waals surface area contributed by atoms with Gasteiger partial charge in [0.15, 0.2) is 5.78 Å². The molecule has 0 saturated carbocycles. The number of carbonyl (C=O) groups excluding carboxylic acids is 3. The van der Waals surface area contributed by atoms with E-state index in [9.17, 15) is 19.5 Å². The molecule has 1 aromatic carbocycles. The minimum Gasteiger partial charge on any atom is -0.391 e. The third-order valence-corrected chi connectivity index (χ3v) is 4.59. The van der Waals surface area contributed by atoms with Crippen molar-refractivity contribution in [2.75, 3.05) is 13.1 Å². The van der Waals surface area contributed by atoms with Gasteiger partial charge in [-0.05, 0) is 38.4 Å². The van der Waals surface area contributed by atoms with E-state index in [-0.39, 0.29) is 44.7 Å². The van der Waals surface area contributed by atoms with Crippen molar-refractivity contribution in [1.29, 1.82) is 0 Å². The Hall–Kier alpha value is -2.33. The number of ether oxygens (including phenoxy) is 1. The molecule has 0 aliphatic rings. The zero-order valence-corrected chi connectivity index (χ0v) is 17.7. The van der Waals surface area contributed by atoms with Crippen LogP contribution in [0, 0.1) is 0 Å². The summed E-state index contributed by atoms with van der Waals surface area (Å²) < 4.78 is 5.69. The highest BCUT2D eigenvalue weighted by atomic mass is 16.5. The SMILES string of the molecule is CCC(=O)[C@H](CCN)NC(=O)[C@@H](NC(=O)[C@H](CCN)OCc1ccccc1)[C@H](C)O. The van der Waals surface area contributed by atoms with Gasteiger partial charge in [0.05, 0.1) is 18.8 Å². The van der Waals surface area contributed by atoms with Crippen molar-refractivity contribution >= 4 is 17.6 Å². The number of nitrogens with one attached hydrogen (secondary N) is 2. The van der Waals surface area contributed by atoms with Gasteiger partial charge in [0, 0.05) is 6.42 Å². The number of amides is 2. The van der Waals surface area contributed by atoms with Crippen LogP contribution in [0.25, 0.3) is 0 Å². The number of aliphatic hydroxyl groups excluding tert-OH is 1. The Morgan fingerprint density at radius 3 is 2.20 bits per heavy atom. The Morgan fingerprint density at radius 2 is 1.67 bits per heavy atom. The number of hydrogen-bond acceptors (Lipinski definition) is 7. The van der Waals surface area contributed by atoms with Gasteiger partial charge < -0.3 is 31.9 Å². The molecule has 30 heavy (non-hydrogen) atoms. The van der Waals surface area contributed by atoms with Crippen molar-refractivity contribution < 1.29 is 24.2 Å². The third kappa shape index (κ3) is 8.58. The van der Waals surface area contributed by atoms with Gasteiger partial charge in [-0.1, -0.05) is 37.3 Å². The number of benzene rings is 1. The van der Waals surface area contributed by atoms with Gasteiger partial charge in [-0.2, -0.15) is 0 Å². The topological polar surface area (TPSA) is 157 Å². The van der Waals surface area contributed by atoms with Crippen molar-refractivity contribution in [3.05, 3.63) is 35.9 Å². The van der Waals surface area contributed by atoms with E-state index < -0.39 is 36.1 Å². The zero-order valence-electron chi connectivity index (χ0n) is 17.7. The molecule has 0 aromatic heterocycles. The van der Waals surface area contributed by atoms with Crippen LogP contribution in [0.1, 0.15) is 38.7 Å². The molecule has 4 atom stereocenters. The fourth-order valence-corrected chi connectivity index (χ4v) is 2.85. The van der Waals surface area contributed by atoms with Crippen molar-refractivity contribution in [3.63, 3.8) is 0 Å². The molecule has 7 N–H and O–H groups in total. The molecule has 0 saturated heterocycles. The predicted molar refractivity (Wildman–Crippen MR) is 113 cm³/mol. The predicted octanol–water partition coefficient (Wildman–Crippen LogP) is -0.401. The fourth-order valence-electron chi connectivity index (χ4n) is 2.85. The van der Waals surface area contributed by atoms with E-state index in [1.165, 1.54) is 6.92 Å². The van der Waals surface area contributed by atoms with Gasteiger partial charge in [0.1, 0.15) is 12.1 Å². The van der Waals surface area contributed by atoms with Gasteiger partial charge in [0.2, 0.25) is 11.8 Å². The summed E-state index contributed by atoms with van der Waals surface area (Å²) in [6, 6.07) is 7.32. The first-order chi connectivity index (χ1) is 14.3. The Kier molecular flexibility index (Phi) is 11.8. The van der Waals surface area contributed by atoms with Crippen molar-refractivity contribution in [1.82, 2.24) is 10.6 Å². The number of rotatable bonds is 14. The molecule has 0 radical (unpaired) electrons. The monoisotopic (exact) mass is 422 g/mol. The number of ketones is 1. The lowest BCUT2D eigenvalue weighted by Gasteiger charge is -2.26. The fraction of sp³-hybridized carbons (Fsp3) is 0.571. The van der Waals surface area contributed by atoms with Crippen molar-refractivity contribution in [3.8, 4) is 0 Å². The second kappa shape index (κ2) is 13.8. The highest BCUT2D eigenvalue weighted by molar-refractivity contribution is 5.93. The smallest absolute Gasteiger partial charge is 0.249 e. The highest BCUT2D eigenvalue weighted by Crippen LogP contribution is 2.08. The first-order valence-electron chi connectivity index (χ1n) is 10.2. The van der Waals surface area contributed by atoms with Crippen LogP contribution >= 0.6 is 0 Å². The molecule has 1 aromatic rings. The standard InChI is InChI=1S/C21H34N4O5/c1-3-17(27)16(9-11-22)24-21(29)19(14(2)26)25-20(28)18(10-12-23)30-13-15-7-5-4-6-8-15/h4-8,14,16,18-19,26H,3,9-13,22-23H2,1-2H3,(H,24,29)(H,25,28)/t14-,16-,18-,19-/m0/s1. The molecule has 9 heteroatoms. The Morgan fingerprint density at radius 1 is 1.03 bits per heavy atom. The van der Waals surface area contributed by atoms with Crippen LogP contribution in [0.15, 0.2) is 30.3 Å². The van der Waals surface area contributed by atoms with Crippen molar-refractivity contribution in [2.45, 2.75) is 64.0 Å². The highest BCUT2D eigenvalue weighted by Gasteiger charge is 2.31. The summed E-state index contributed by atoms with van der Waals surface area (Å²) in [7, 11) is 0. The number of aliphatic hydroxyl groups is 1. The van der Waals surface area contributed by atoms with Gasteiger partial charge >= 0.3 is 0 Å². The van der Waals surface area contributed by atoms with E-state index in [1.54, 1.807) is 6.92 Å². The van der Waals surface area contributed by atoms with E-state index in [0.717, 1.165) is 5.56 Å². The molecule has 2 amide bonds. The maximum absolute atomic E-state index is 12.7. The third-order valence-electron chi connectivity index (χ3n) is 4.59.